The van der Waals surface area contributed by atoms with Crippen LogP contribution in [0.3, 0.4) is 0 Å². The fourth-order valence-electron chi connectivity index (χ4n) is 3.96. The van der Waals surface area contributed by atoms with Gasteiger partial charge in [0, 0.05) is 49.5 Å². The molecule has 0 radical (unpaired) electrons. The summed E-state index contributed by atoms with van der Waals surface area (Å²) in [4.78, 5) is 30.0. The van der Waals surface area contributed by atoms with Gasteiger partial charge in [-0.25, -0.2) is 0 Å². The van der Waals surface area contributed by atoms with Gasteiger partial charge < -0.3 is 10.2 Å². The molecule has 1 N–H and O–H groups in total. The van der Waals surface area contributed by atoms with Gasteiger partial charge in [0.05, 0.1) is 0 Å². The number of hydrogen-bond donors (Lipinski definition) is 1. The zero-order valence-electron chi connectivity index (χ0n) is 18.5. The first-order valence-corrected chi connectivity index (χ1v) is 11.1. The smallest absolute Gasteiger partial charge is 0.255 e. The fraction of sp³-hybridized carbons (Fsp3) is 0.259. The molecule has 1 aliphatic heterocycles. The molecule has 164 valence electrons. The SMILES string of the molecule is Cc1ccc(C(=O)N2CCN(CCc3ccccc3)CC2)cc1NC(=O)c1ccccc1. The largest absolute Gasteiger partial charge is 0.336 e. The van der Waals surface area contributed by atoms with E-state index in [0.29, 0.717) is 29.9 Å². The van der Waals surface area contributed by atoms with Crippen LogP contribution < -0.4 is 5.32 Å². The molecule has 0 bridgehead atoms. The van der Waals surface area contributed by atoms with Crippen LogP contribution in [0, 0.1) is 6.92 Å². The van der Waals surface area contributed by atoms with Gasteiger partial charge in [-0.1, -0.05) is 54.6 Å². The molecule has 0 saturated carbocycles. The Hall–Kier alpha value is -3.44. The van der Waals surface area contributed by atoms with E-state index in [1.807, 2.05) is 48.2 Å². The number of hydrogen-bond acceptors (Lipinski definition) is 3. The predicted octanol–water partition coefficient (Wildman–Crippen LogP) is 4.25. The summed E-state index contributed by atoms with van der Waals surface area (Å²) in [6, 6.07) is 25.1. The number of carbonyl (C=O) groups is 2. The van der Waals surface area contributed by atoms with Crippen LogP contribution in [0.2, 0.25) is 0 Å². The number of piperazine rings is 1. The van der Waals surface area contributed by atoms with Crippen molar-refractivity contribution in [2.75, 3.05) is 38.0 Å². The maximum absolute atomic E-state index is 13.1. The second kappa shape index (κ2) is 10.2. The Morgan fingerprint density at radius 2 is 1.47 bits per heavy atom. The highest BCUT2D eigenvalue weighted by atomic mass is 16.2. The average molecular weight is 428 g/mol. The topological polar surface area (TPSA) is 52.7 Å². The molecule has 0 unspecified atom stereocenters. The predicted molar refractivity (Wildman–Crippen MR) is 128 cm³/mol. The van der Waals surface area contributed by atoms with E-state index in [2.05, 4.69) is 34.5 Å². The zero-order valence-corrected chi connectivity index (χ0v) is 18.5. The van der Waals surface area contributed by atoms with Crippen LogP contribution in [-0.2, 0) is 6.42 Å². The zero-order chi connectivity index (χ0) is 22.3. The molecule has 1 fully saturated rings. The van der Waals surface area contributed by atoms with Gasteiger partial charge in [-0.2, -0.15) is 0 Å². The van der Waals surface area contributed by atoms with Gasteiger partial charge in [-0.15, -0.1) is 0 Å². The van der Waals surface area contributed by atoms with E-state index in [0.717, 1.165) is 31.6 Å². The van der Waals surface area contributed by atoms with E-state index in [-0.39, 0.29) is 11.8 Å². The quantitative estimate of drug-likeness (QED) is 0.640. The van der Waals surface area contributed by atoms with Gasteiger partial charge in [0.1, 0.15) is 0 Å². The van der Waals surface area contributed by atoms with Gasteiger partial charge in [-0.05, 0) is 48.7 Å². The minimum Gasteiger partial charge on any atom is -0.336 e. The van der Waals surface area contributed by atoms with Gasteiger partial charge in [0.25, 0.3) is 11.8 Å². The van der Waals surface area contributed by atoms with Crippen LogP contribution in [0.5, 0.6) is 0 Å². The van der Waals surface area contributed by atoms with Crippen LogP contribution in [0.1, 0.15) is 31.8 Å². The van der Waals surface area contributed by atoms with Crippen molar-refractivity contribution in [1.29, 1.82) is 0 Å². The summed E-state index contributed by atoms with van der Waals surface area (Å²) in [6.07, 6.45) is 1.03. The Labute approximate surface area is 189 Å². The van der Waals surface area contributed by atoms with Crippen molar-refractivity contribution in [2.45, 2.75) is 13.3 Å². The van der Waals surface area contributed by atoms with E-state index in [1.165, 1.54) is 5.56 Å². The Kier molecular flexibility index (Phi) is 6.97. The summed E-state index contributed by atoms with van der Waals surface area (Å²) in [6.45, 7) is 6.12. The third kappa shape index (κ3) is 5.42. The van der Waals surface area contributed by atoms with Gasteiger partial charge in [0.2, 0.25) is 0 Å². The highest BCUT2D eigenvalue weighted by Crippen LogP contribution is 2.20. The molecule has 3 aromatic carbocycles. The van der Waals surface area contributed by atoms with Crippen LogP contribution in [-0.4, -0.2) is 54.3 Å². The molecule has 0 aromatic heterocycles. The van der Waals surface area contributed by atoms with Crippen molar-refractivity contribution in [2.24, 2.45) is 0 Å². The Balaban J connectivity index is 1.34. The molecule has 32 heavy (non-hydrogen) atoms. The van der Waals surface area contributed by atoms with Crippen molar-refractivity contribution in [3.05, 3.63) is 101 Å². The third-order valence-corrected chi connectivity index (χ3v) is 5.99. The summed E-state index contributed by atoms with van der Waals surface area (Å²) >= 11 is 0. The minimum absolute atomic E-state index is 0.0166. The summed E-state index contributed by atoms with van der Waals surface area (Å²) in [5.74, 6) is -0.159. The number of aryl methyl sites for hydroxylation is 1. The number of amides is 2. The van der Waals surface area contributed by atoms with Gasteiger partial charge in [0.15, 0.2) is 0 Å². The van der Waals surface area contributed by atoms with E-state index < -0.39 is 0 Å². The van der Waals surface area contributed by atoms with Crippen LogP contribution >= 0.6 is 0 Å². The van der Waals surface area contributed by atoms with Crippen molar-refractivity contribution in [3.8, 4) is 0 Å². The van der Waals surface area contributed by atoms with Crippen LogP contribution in [0.4, 0.5) is 5.69 Å². The Bertz CT molecular complexity index is 1060. The second-order valence-electron chi connectivity index (χ2n) is 8.22. The first-order chi connectivity index (χ1) is 15.6. The fourth-order valence-corrected chi connectivity index (χ4v) is 3.96. The van der Waals surface area contributed by atoms with E-state index in [4.69, 9.17) is 0 Å². The summed E-state index contributed by atoms with van der Waals surface area (Å²) in [7, 11) is 0. The lowest BCUT2D eigenvalue weighted by Crippen LogP contribution is -2.49. The lowest BCUT2D eigenvalue weighted by atomic mass is 10.1. The summed E-state index contributed by atoms with van der Waals surface area (Å²) in [5.41, 5.74) is 4.14. The number of nitrogens with one attached hydrogen (secondary N) is 1. The highest BCUT2D eigenvalue weighted by Gasteiger charge is 2.22. The second-order valence-corrected chi connectivity index (χ2v) is 8.22. The summed E-state index contributed by atoms with van der Waals surface area (Å²) < 4.78 is 0. The molecule has 1 saturated heterocycles. The van der Waals surface area contributed by atoms with E-state index >= 15 is 0 Å². The normalized spacial score (nSPS) is 14.2. The minimum atomic E-state index is -0.176. The van der Waals surface area contributed by atoms with Crippen LogP contribution in [0.25, 0.3) is 0 Å². The first-order valence-electron chi connectivity index (χ1n) is 11.1. The Morgan fingerprint density at radius 1 is 0.812 bits per heavy atom. The molecule has 0 spiro atoms. The number of nitrogens with zero attached hydrogens (tertiary/aromatic N) is 2. The molecule has 1 aliphatic rings. The van der Waals surface area contributed by atoms with E-state index in [9.17, 15) is 9.59 Å². The lowest BCUT2D eigenvalue weighted by Gasteiger charge is -2.35. The number of rotatable bonds is 6. The molecule has 5 nitrogen and oxygen atoms in total. The number of benzene rings is 3. The maximum atomic E-state index is 13.1. The van der Waals surface area contributed by atoms with Gasteiger partial charge >= 0.3 is 0 Å². The standard InChI is InChI=1S/C27H29N3O2/c1-21-12-13-24(20-25(21)28-26(31)23-10-6-3-7-11-23)27(32)30-18-16-29(17-19-30)15-14-22-8-4-2-5-9-22/h2-13,20H,14-19H2,1H3,(H,28,31). The molecular formula is C27H29N3O2. The molecular weight excluding hydrogens is 398 g/mol. The molecule has 1 heterocycles. The number of carbonyl (C=O) groups excluding carboxylic acids is 2. The molecule has 5 heteroatoms. The molecule has 2 amide bonds. The lowest BCUT2D eigenvalue weighted by molar-refractivity contribution is 0.0638. The number of anilines is 1. The third-order valence-electron chi connectivity index (χ3n) is 5.99. The van der Waals surface area contributed by atoms with Crippen molar-refractivity contribution in [1.82, 2.24) is 9.80 Å². The van der Waals surface area contributed by atoms with Crippen molar-refractivity contribution < 1.29 is 9.59 Å². The van der Waals surface area contributed by atoms with Gasteiger partial charge in [-0.3, -0.25) is 14.5 Å². The molecule has 3 aromatic rings. The monoisotopic (exact) mass is 427 g/mol. The molecule has 0 atom stereocenters. The van der Waals surface area contributed by atoms with E-state index in [1.54, 1.807) is 18.2 Å². The van der Waals surface area contributed by atoms with Crippen molar-refractivity contribution in [3.63, 3.8) is 0 Å². The van der Waals surface area contributed by atoms with Crippen LogP contribution in [0.15, 0.2) is 78.9 Å². The molecule has 4 rings (SSSR count). The Morgan fingerprint density at radius 3 is 2.16 bits per heavy atom. The average Bonchev–Trinajstić information content (AvgIpc) is 2.85. The summed E-state index contributed by atoms with van der Waals surface area (Å²) in [5, 5.41) is 2.95. The maximum Gasteiger partial charge on any atom is 0.255 e. The van der Waals surface area contributed by atoms with Crippen molar-refractivity contribution >= 4 is 17.5 Å². The molecule has 0 aliphatic carbocycles. The highest BCUT2D eigenvalue weighted by molar-refractivity contribution is 6.05. The first kappa shape index (κ1) is 21.8.